The topological polar surface area (TPSA) is 68.5 Å². The summed E-state index contributed by atoms with van der Waals surface area (Å²) < 4.78 is 44.3. The minimum absolute atomic E-state index is 0.0517. The van der Waals surface area contributed by atoms with Gasteiger partial charge >= 0.3 is 11.9 Å². The quantitative estimate of drug-likeness (QED) is 0.533. The third kappa shape index (κ3) is 3.86. The summed E-state index contributed by atoms with van der Waals surface area (Å²) >= 11 is 0. The van der Waals surface area contributed by atoms with Crippen LogP contribution in [0, 0.1) is 17.0 Å². The molecule has 0 unspecified atom stereocenters. The lowest BCUT2D eigenvalue weighted by Crippen LogP contribution is -2.46. The number of alkyl halides is 3. The molecule has 6 nitrogen and oxygen atoms in total. The Morgan fingerprint density at radius 2 is 1.86 bits per heavy atom. The van der Waals surface area contributed by atoms with E-state index in [0.29, 0.717) is 18.7 Å². The summed E-state index contributed by atoms with van der Waals surface area (Å²) in [6.45, 7) is 1.78. The minimum atomic E-state index is -4.41. The molecule has 0 spiro atoms. The summed E-state index contributed by atoms with van der Waals surface area (Å²) in [4.78, 5) is 17.0. The predicted octanol–water partition coefficient (Wildman–Crippen LogP) is 4.90. The third-order valence-corrected chi connectivity index (χ3v) is 5.63. The fourth-order valence-corrected chi connectivity index (χ4v) is 4.35. The first-order valence-corrected chi connectivity index (χ1v) is 9.45. The lowest BCUT2D eigenvalue weighted by molar-refractivity contribution is -0.386. The molecular weight excluding hydrogens is 387 g/mol. The second-order valence-corrected chi connectivity index (χ2v) is 7.63. The van der Waals surface area contributed by atoms with Gasteiger partial charge in [-0.1, -0.05) is 6.07 Å². The molecule has 2 saturated heterocycles. The zero-order chi connectivity index (χ0) is 20.8. The Kier molecular flexibility index (Phi) is 4.84. The van der Waals surface area contributed by atoms with Crippen LogP contribution in [0.5, 0.6) is 5.75 Å². The van der Waals surface area contributed by atoms with E-state index in [1.807, 2.05) is 0 Å². The third-order valence-electron chi connectivity index (χ3n) is 5.63. The van der Waals surface area contributed by atoms with E-state index < -0.39 is 16.7 Å². The van der Waals surface area contributed by atoms with Gasteiger partial charge in [-0.3, -0.25) is 10.1 Å². The number of nitrogens with zero attached hydrogens (tertiary/aromatic N) is 3. The van der Waals surface area contributed by atoms with Crippen molar-refractivity contribution in [1.29, 1.82) is 0 Å². The highest BCUT2D eigenvalue weighted by atomic mass is 19.4. The number of nitro benzene ring substituents is 1. The van der Waals surface area contributed by atoms with E-state index in [0.717, 1.165) is 30.7 Å². The number of hydrogen-bond donors (Lipinski definition) is 0. The molecule has 3 atom stereocenters. The molecule has 0 N–H and O–H groups in total. The van der Waals surface area contributed by atoms with Crippen molar-refractivity contribution in [3.63, 3.8) is 0 Å². The standard InChI is InChI=1S/C20H20F3N3O3/c1-12-2-6-18(17(8-12)26(27)28)29-16-9-14-4-5-15(10-16)25(14)19-7-3-13(11-24-19)20(21,22)23/h2-3,6-8,11,14-16H,4-5,9-10H2,1H3/t14-,15+,16+. The number of halogens is 3. The smallest absolute Gasteiger partial charge is 0.417 e. The van der Waals surface area contributed by atoms with Crippen molar-refractivity contribution in [2.75, 3.05) is 4.90 Å². The Morgan fingerprint density at radius 3 is 2.41 bits per heavy atom. The molecule has 4 rings (SSSR count). The van der Waals surface area contributed by atoms with Crippen LogP contribution in [0.1, 0.15) is 36.8 Å². The van der Waals surface area contributed by atoms with Crippen molar-refractivity contribution >= 4 is 11.5 Å². The Labute approximate surface area is 165 Å². The molecule has 2 aliphatic rings. The number of aromatic nitrogens is 1. The van der Waals surface area contributed by atoms with E-state index in [1.165, 1.54) is 12.1 Å². The van der Waals surface area contributed by atoms with Crippen LogP contribution in [-0.2, 0) is 6.18 Å². The van der Waals surface area contributed by atoms with Gasteiger partial charge in [-0.25, -0.2) is 4.98 Å². The number of pyridine rings is 1. The number of benzene rings is 1. The van der Waals surface area contributed by atoms with Crippen LogP contribution < -0.4 is 9.64 Å². The molecule has 3 heterocycles. The van der Waals surface area contributed by atoms with E-state index in [2.05, 4.69) is 9.88 Å². The van der Waals surface area contributed by atoms with E-state index in [4.69, 9.17) is 4.74 Å². The van der Waals surface area contributed by atoms with Crippen molar-refractivity contribution in [2.45, 2.75) is 57.0 Å². The number of rotatable bonds is 4. The summed E-state index contributed by atoms with van der Waals surface area (Å²) in [5.41, 5.74) is -0.0324. The number of nitro groups is 1. The number of hydrogen-bond acceptors (Lipinski definition) is 5. The molecule has 2 bridgehead atoms. The van der Waals surface area contributed by atoms with Crippen LogP contribution in [0.3, 0.4) is 0 Å². The van der Waals surface area contributed by atoms with Crippen LogP contribution in [0.4, 0.5) is 24.7 Å². The predicted molar refractivity (Wildman–Crippen MR) is 100 cm³/mol. The van der Waals surface area contributed by atoms with Crippen molar-refractivity contribution in [2.24, 2.45) is 0 Å². The molecule has 1 aromatic carbocycles. The van der Waals surface area contributed by atoms with Crippen LogP contribution in [0.15, 0.2) is 36.5 Å². The molecule has 1 aromatic heterocycles. The van der Waals surface area contributed by atoms with Crippen molar-refractivity contribution in [3.8, 4) is 5.75 Å². The molecule has 0 aliphatic carbocycles. The second kappa shape index (κ2) is 7.20. The van der Waals surface area contributed by atoms with E-state index >= 15 is 0 Å². The molecular formula is C20H20F3N3O3. The average Bonchev–Trinajstić information content (AvgIpc) is 2.93. The lowest BCUT2D eigenvalue weighted by Gasteiger charge is -2.39. The minimum Gasteiger partial charge on any atom is -0.483 e. The van der Waals surface area contributed by atoms with E-state index in [1.54, 1.807) is 19.1 Å². The van der Waals surface area contributed by atoms with Gasteiger partial charge in [0, 0.05) is 37.2 Å². The highest BCUT2D eigenvalue weighted by Crippen LogP contribution is 2.41. The molecule has 154 valence electrons. The fraction of sp³-hybridized carbons (Fsp3) is 0.450. The van der Waals surface area contributed by atoms with Crippen molar-refractivity contribution in [3.05, 3.63) is 57.8 Å². The Morgan fingerprint density at radius 1 is 1.17 bits per heavy atom. The molecule has 0 radical (unpaired) electrons. The number of anilines is 1. The van der Waals surface area contributed by atoms with E-state index in [-0.39, 0.29) is 29.6 Å². The van der Waals surface area contributed by atoms with Gasteiger partial charge in [0.15, 0.2) is 5.75 Å². The van der Waals surface area contributed by atoms with Crippen LogP contribution in [-0.4, -0.2) is 28.1 Å². The van der Waals surface area contributed by atoms with Gasteiger partial charge in [-0.05, 0) is 43.5 Å². The Hall–Kier alpha value is -2.84. The SMILES string of the molecule is Cc1ccc(O[C@H]2C[C@H]3CC[C@@H](C2)N3c2ccc(C(F)(F)F)cn2)c([N+](=O)[O-])c1. The number of aryl methyl sites for hydroxylation is 1. The van der Waals surface area contributed by atoms with Gasteiger partial charge in [-0.2, -0.15) is 13.2 Å². The summed E-state index contributed by atoms with van der Waals surface area (Å²) in [7, 11) is 0. The summed E-state index contributed by atoms with van der Waals surface area (Å²) in [5.74, 6) is 0.788. The maximum absolute atomic E-state index is 12.8. The van der Waals surface area contributed by atoms with Crippen LogP contribution >= 0.6 is 0 Å². The lowest BCUT2D eigenvalue weighted by atomic mass is 9.99. The number of ether oxygens (including phenoxy) is 1. The summed E-state index contributed by atoms with van der Waals surface area (Å²) in [5, 5.41) is 11.3. The molecule has 0 saturated carbocycles. The van der Waals surface area contributed by atoms with Gasteiger partial charge < -0.3 is 9.64 Å². The van der Waals surface area contributed by atoms with Gasteiger partial charge in [0.05, 0.1) is 10.5 Å². The zero-order valence-electron chi connectivity index (χ0n) is 15.7. The highest BCUT2D eigenvalue weighted by molar-refractivity contribution is 5.49. The maximum atomic E-state index is 12.8. The van der Waals surface area contributed by atoms with E-state index in [9.17, 15) is 23.3 Å². The van der Waals surface area contributed by atoms with Gasteiger partial charge in [0.2, 0.25) is 0 Å². The van der Waals surface area contributed by atoms with Crippen molar-refractivity contribution in [1.82, 2.24) is 4.98 Å². The number of fused-ring (bicyclic) bond motifs is 2. The molecule has 0 amide bonds. The first-order chi connectivity index (χ1) is 13.7. The van der Waals surface area contributed by atoms with Crippen LogP contribution in [0.2, 0.25) is 0 Å². The molecule has 29 heavy (non-hydrogen) atoms. The molecule has 2 aromatic rings. The maximum Gasteiger partial charge on any atom is 0.417 e. The molecule has 2 aliphatic heterocycles. The monoisotopic (exact) mass is 407 g/mol. The van der Waals surface area contributed by atoms with Gasteiger partial charge in [0.25, 0.3) is 0 Å². The normalized spacial score (nSPS) is 23.9. The van der Waals surface area contributed by atoms with Gasteiger partial charge in [0.1, 0.15) is 11.9 Å². The summed E-state index contributed by atoms with van der Waals surface area (Å²) in [6.07, 6.45) is -0.651. The zero-order valence-corrected chi connectivity index (χ0v) is 15.7. The van der Waals surface area contributed by atoms with Gasteiger partial charge in [-0.15, -0.1) is 0 Å². The Balaban J connectivity index is 1.49. The molecule has 9 heteroatoms. The summed E-state index contributed by atoms with van der Waals surface area (Å²) in [6, 6.07) is 7.54. The van der Waals surface area contributed by atoms with Crippen molar-refractivity contribution < 1.29 is 22.8 Å². The van der Waals surface area contributed by atoms with Crippen LogP contribution in [0.25, 0.3) is 0 Å². The first-order valence-electron chi connectivity index (χ1n) is 9.45. The number of piperidine rings is 1. The largest absolute Gasteiger partial charge is 0.483 e. The highest BCUT2D eigenvalue weighted by Gasteiger charge is 2.43. The first kappa shape index (κ1) is 19.5. The second-order valence-electron chi connectivity index (χ2n) is 7.63. The Bertz CT molecular complexity index is 903. The average molecular weight is 407 g/mol. The molecule has 2 fully saturated rings. The fourth-order valence-electron chi connectivity index (χ4n) is 4.35.